The molecule has 3 heteroatoms. The molecule has 3 nitrogen and oxygen atoms in total. The summed E-state index contributed by atoms with van der Waals surface area (Å²) in [6.45, 7) is 7.22. The molecular formula is C10H19NO2. The first-order valence-electron chi connectivity index (χ1n) is 4.77. The highest BCUT2D eigenvalue weighted by Gasteiger charge is 2.14. The Morgan fingerprint density at radius 2 is 1.85 bits per heavy atom. The average molecular weight is 185 g/mol. The largest absolute Gasteiger partial charge is 0.353 e. The van der Waals surface area contributed by atoms with Crippen LogP contribution < -0.4 is 5.32 Å². The lowest BCUT2D eigenvalue weighted by molar-refractivity contribution is -0.123. The minimum absolute atomic E-state index is 0.0426. The molecule has 0 aromatic carbocycles. The lowest BCUT2D eigenvalue weighted by Crippen LogP contribution is -2.33. The number of nitrogens with one attached hydrogen (secondary N) is 1. The molecule has 0 aliphatic carbocycles. The van der Waals surface area contributed by atoms with Crippen LogP contribution in [0.25, 0.3) is 0 Å². The molecule has 0 heterocycles. The van der Waals surface area contributed by atoms with E-state index >= 15 is 0 Å². The molecule has 1 amide bonds. The monoisotopic (exact) mass is 185 g/mol. The summed E-state index contributed by atoms with van der Waals surface area (Å²) in [5.41, 5.74) is 0. The van der Waals surface area contributed by atoms with Crippen molar-refractivity contribution in [2.75, 3.05) is 0 Å². The van der Waals surface area contributed by atoms with Gasteiger partial charge < -0.3 is 5.32 Å². The molecule has 0 bridgehead atoms. The van der Waals surface area contributed by atoms with Gasteiger partial charge in [0.05, 0.1) is 0 Å². The third-order valence-corrected chi connectivity index (χ3v) is 2.12. The van der Waals surface area contributed by atoms with E-state index in [2.05, 4.69) is 5.32 Å². The van der Waals surface area contributed by atoms with Gasteiger partial charge in [-0.1, -0.05) is 13.8 Å². The lowest BCUT2D eigenvalue weighted by atomic mass is 9.98. The van der Waals surface area contributed by atoms with Crippen molar-refractivity contribution >= 4 is 11.7 Å². The first kappa shape index (κ1) is 12.1. The summed E-state index contributed by atoms with van der Waals surface area (Å²) in [5.74, 6) is 0.254. The second-order valence-corrected chi connectivity index (χ2v) is 3.58. The molecule has 0 radical (unpaired) electrons. The van der Waals surface area contributed by atoms with Crippen molar-refractivity contribution in [1.29, 1.82) is 0 Å². The van der Waals surface area contributed by atoms with E-state index in [0.717, 1.165) is 6.42 Å². The molecule has 0 aromatic rings. The van der Waals surface area contributed by atoms with Crippen molar-refractivity contribution in [1.82, 2.24) is 5.32 Å². The Morgan fingerprint density at radius 3 is 2.23 bits per heavy atom. The fraction of sp³-hybridized carbons (Fsp3) is 0.800. The van der Waals surface area contributed by atoms with Crippen LogP contribution in [-0.4, -0.2) is 17.7 Å². The predicted molar refractivity (Wildman–Crippen MR) is 52.4 cm³/mol. The van der Waals surface area contributed by atoms with Gasteiger partial charge in [-0.3, -0.25) is 9.59 Å². The second kappa shape index (κ2) is 5.73. The van der Waals surface area contributed by atoms with Crippen LogP contribution in [0.1, 0.15) is 40.5 Å². The molecule has 0 saturated heterocycles. The van der Waals surface area contributed by atoms with Gasteiger partial charge in [-0.25, -0.2) is 0 Å². The molecule has 76 valence electrons. The van der Waals surface area contributed by atoms with E-state index < -0.39 is 0 Å². The maximum Gasteiger partial charge on any atom is 0.217 e. The number of amides is 1. The Balaban J connectivity index is 3.84. The fourth-order valence-corrected chi connectivity index (χ4v) is 1.13. The van der Waals surface area contributed by atoms with Crippen molar-refractivity contribution < 1.29 is 9.59 Å². The summed E-state index contributed by atoms with van der Waals surface area (Å²) in [6.07, 6.45) is 1.31. The van der Waals surface area contributed by atoms with Crippen LogP contribution in [0, 0.1) is 5.92 Å². The molecule has 0 rings (SSSR count). The summed E-state index contributed by atoms with van der Waals surface area (Å²) in [5, 5.41) is 2.69. The Hall–Kier alpha value is -0.860. The van der Waals surface area contributed by atoms with E-state index in [0.29, 0.717) is 6.42 Å². The molecule has 0 aromatic heterocycles. The SMILES string of the molecule is CCC(C)C(=O)CC(C)NC(C)=O. The molecule has 2 unspecified atom stereocenters. The maximum absolute atomic E-state index is 11.4. The molecule has 0 saturated carbocycles. The van der Waals surface area contributed by atoms with Gasteiger partial charge in [0, 0.05) is 25.3 Å². The third-order valence-electron chi connectivity index (χ3n) is 2.12. The van der Waals surface area contributed by atoms with Crippen LogP contribution in [0.3, 0.4) is 0 Å². The van der Waals surface area contributed by atoms with Crippen molar-refractivity contribution in [2.45, 2.75) is 46.6 Å². The highest BCUT2D eigenvalue weighted by Crippen LogP contribution is 2.06. The number of hydrogen-bond acceptors (Lipinski definition) is 2. The van der Waals surface area contributed by atoms with Gasteiger partial charge in [-0.15, -0.1) is 0 Å². The quantitative estimate of drug-likeness (QED) is 0.705. The topological polar surface area (TPSA) is 46.2 Å². The average Bonchev–Trinajstić information content (AvgIpc) is 2.01. The van der Waals surface area contributed by atoms with Crippen LogP contribution in [0.5, 0.6) is 0 Å². The number of hydrogen-bond donors (Lipinski definition) is 1. The van der Waals surface area contributed by atoms with Gasteiger partial charge in [0.15, 0.2) is 0 Å². The van der Waals surface area contributed by atoms with Gasteiger partial charge >= 0.3 is 0 Å². The van der Waals surface area contributed by atoms with Crippen LogP contribution in [0.2, 0.25) is 0 Å². The smallest absolute Gasteiger partial charge is 0.217 e. The van der Waals surface area contributed by atoms with E-state index in [-0.39, 0.29) is 23.7 Å². The molecule has 0 aliphatic heterocycles. The molecule has 13 heavy (non-hydrogen) atoms. The standard InChI is InChI=1S/C10H19NO2/c1-5-7(2)10(13)6-8(3)11-9(4)12/h7-8H,5-6H2,1-4H3,(H,11,12). The second-order valence-electron chi connectivity index (χ2n) is 3.58. The van der Waals surface area contributed by atoms with Crippen molar-refractivity contribution in [3.63, 3.8) is 0 Å². The van der Waals surface area contributed by atoms with Crippen molar-refractivity contribution in [3.8, 4) is 0 Å². The molecule has 1 N–H and O–H groups in total. The van der Waals surface area contributed by atoms with Gasteiger partial charge in [0.2, 0.25) is 5.91 Å². The molecule has 0 spiro atoms. The Bertz CT molecular complexity index is 189. The normalized spacial score (nSPS) is 14.8. The fourth-order valence-electron chi connectivity index (χ4n) is 1.13. The minimum atomic E-state index is -0.0792. The van der Waals surface area contributed by atoms with Crippen molar-refractivity contribution in [3.05, 3.63) is 0 Å². The van der Waals surface area contributed by atoms with E-state index in [9.17, 15) is 9.59 Å². The Morgan fingerprint density at radius 1 is 1.31 bits per heavy atom. The first-order valence-corrected chi connectivity index (χ1v) is 4.77. The summed E-state index contributed by atoms with van der Waals surface area (Å²) >= 11 is 0. The van der Waals surface area contributed by atoms with E-state index in [4.69, 9.17) is 0 Å². The zero-order valence-electron chi connectivity index (χ0n) is 8.89. The summed E-state index contributed by atoms with van der Waals surface area (Å²) in [6, 6.07) is -0.0426. The van der Waals surface area contributed by atoms with Crippen LogP contribution >= 0.6 is 0 Å². The zero-order chi connectivity index (χ0) is 10.4. The maximum atomic E-state index is 11.4. The summed E-state index contributed by atoms with van der Waals surface area (Å²) < 4.78 is 0. The highest BCUT2D eigenvalue weighted by atomic mass is 16.1. The van der Waals surface area contributed by atoms with Gasteiger partial charge in [-0.05, 0) is 13.3 Å². The van der Waals surface area contributed by atoms with Gasteiger partial charge in [-0.2, -0.15) is 0 Å². The minimum Gasteiger partial charge on any atom is -0.353 e. The Labute approximate surface area is 79.9 Å². The molecule has 2 atom stereocenters. The van der Waals surface area contributed by atoms with E-state index in [1.165, 1.54) is 6.92 Å². The zero-order valence-corrected chi connectivity index (χ0v) is 8.89. The molecule has 0 fully saturated rings. The Kier molecular flexibility index (Phi) is 5.35. The number of carbonyl (C=O) groups excluding carboxylic acids is 2. The number of carbonyl (C=O) groups is 2. The van der Waals surface area contributed by atoms with Gasteiger partial charge in [0.1, 0.15) is 5.78 Å². The van der Waals surface area contributed by atoms with Crippen LogP contribution in [-0.2, 0) is 9.59 Å². The lowest BCUT2D eigenvalue weighted by Gasteiger charge is -2.13. The highest BCUT2D eigenvalue weighted by molar-refractivity contribution is 5.82. The third kappa shape index (κ3) is 5.39. The van der Waals surface area contributed by atoms with Crippen molar-refractivity contribution in [2.24, 2.45) is 5.92 Å². The summed E-state index contributed by atoms with van der Waals surface area (Å²) in [4.78, 5) is 22.1. The summed E-state index contributed by atoms with van der Waals surface area (Å²) in [7, 11) is 0. The predicted octanol–water partition coefficient (Wildman–Crippen LogP) is 1.52. The van der Waals surface area contributed by atoms with E-state index in [1.54, 1.807) is 0 Å². The van der Waals surface area contributed by atoms with Crippen LogP contribution in [0.15, 0.2) is 0 Å². The number of Topliss-reactive ketones (excluding diaryl/α,β-unsaturated/α-hetero) is 1. The van der Waals surface area contributed by atoms with Gasteiger partial charge in [0.25, 0.3) is 0 Å². The number of ketones is 1. The van der Waals surface area contributed by atoms with E-state index in [1.807, 2.05) is 20.8 Å². The first-order chi connectivity index (χ1) is 5.97. The van der Waals surface area contributed by atoms with Crippen LogP contribution in [0.4, 0.5) is 0 Å². The molecular weight excluding hydrogens is 166 g/mol. The molecule has 0 aliphatic rings. The number of rotatable bonds is 5.